The number of carbonyl (C=O) groups excluding carboxylic acids is 2. The summed E-state index contributed by atoms with van der Waals surface area (Å²) in [5, 5.41) is 15.6. The van der Waals surface area contributed by atoms with E-state index in [2.05, 4.69) is 10.6 Å². The number of benzene rings is 3. The van der Waals surface area contributed by atoms with Crippen molar-refractivity contribution in [2.75, 3.05) is 18.4 Å². The van der Waals surface area contributed by atoms with Gasteiger partial charge >= 0.3 is 0 Å². The third-order valence-corrected chi connectivity index (χ3v) is 5.59. The predicted molar refractivity (Wildman–Crippen MR) is 125 cm³/mol. The Morgan fingerprint density at radius 3 is 2.41 bits per heavy atom. The minimum Gasteiger partial charge on any atom is -0.507 e. The van der Waals surface area contributed by atoms with Crippen LogP contribution >= 0.6 is 11.6 Å². The van der Waals surface area contributed by atoms with Gasteiger partial charge in [0.25, 0.3) is 11.1 Å². The lowest BCUT2D eigenvalue weighted by Crippen LogP contribution is -2.34. The highest BCUT2D eigenvalue weighted by Crippen LogP contribution is 2.29. The Kier molecular flexibility index (Phi) is 6.73. The molecule has 32 heavy (non-hydrogen) atoms. The van der Waals surface area contributed by atoms with Crippen LogP contribution in [0, 0.1) is 0 Å². The van der Waals surface area contributed by atoms with Crippen molar-refractivity contribution in [2.24, 2.45) is 0 Å². The van der Waals surface area contributed by atoms with Crippen LogP contribution in [0.25, 0.3) is 11.1 Å². The molecule has 1 heterocycles. The first-order valence-corrected chi connectivity index (χ1v) is 10.8. The number of hydrogen-bond donors (Lipinski definition) is 3. The highest BCUT2D eigenvalue weighted by Gasteiger charge is 2.19. The van der Waals surface area contributed by atoms with Gasteiger partial charge in [0.2, 0.25) is 0 Å². The molecular formula is C25H23ClN2O4. The van der Waals surface area contributed by atoms with Crippen LogP contribution in [0.1, 0.15) is 33.6 Å². The maximum atomic E-state index is 13.0. The molecule has 0 saturated carbocycles. The van der Waals surface area contributed by atoms with Crippen molar-refractivity contribution in [2.45, 2.75) is 18.9 Å². The van der Waals surface area contributed by atoms with Crippen molar-refractivity contribution in [3.63, 3.8) is 0 Å². The Balaban J connectivity index is 1.60. The summed E-state index contributed by atoms with van der Waals surface area (Å²) >= 11 is 5.74. The van der Waals surface area contributed by atoms with Crippen LogP contribution < -0.4 is 15.4 Å². The Bertz CT molecular complexity index is 1130. The zero-order valence-corrected chi connectivity index (χ0v) is 18.1. The van der Waals surface area contributed by atoms with Gasteiger partial charge in [-0.2, -0.15) is 0 Å². The molecule has 0 bridgehead atoms. The van der Waals surface area contributed by atoms with Crippen LogP contribution in [-0.4, -0.2) is 35.4 Å². The minimum absolute atomic E-state index is 0.0505. The average molecular weight is 451 g/mol. The number of phenols is 1. The summed E-state index contributed by atoms with van der Waals surface area (Å²) in [4.78, 5) is 24.9. The smallest absolute Gasteiger partial charge is 0.259 e. The normalized spacial score (nSPS) is 14.0. The first-order valence-electron chi connectivity index (χ1n) is 10.4. The number of aromatic hydroxyl groups is 1. The Hall–Kier alpha value is -3.35. The van der Waals surface area contributed by atoms with E-state index in [4.69, 9.17) is 16.3 Å². The standard InChI is InChI=1S/C25H23ClN2O4/c26-24(30)20-8-6-17(16-4-2-1-3-5-16)14-22(20)28-25(31)21-15-19(7-9-23(21)29)32-18-10-12-27-13-11-18/h1-9,14-15,18,27,29H,10-13H2,(H,28,31). The van der Waals surface area contributed by atoms with Crippen LogP contribution in [0.3, 0.4) is 0 Å². The van der Waals surface area contributed by atoms with Gasteiger partial charge in [0.1, 0.15) is 17.6 Å². The molecule has 164 valence electrons. The second-order valence-corrected chi connectivity index (χ2v) is 7.94. The lowest BCUT2D eigenvalue weighted by molar-refractivity contribution is 0.102. The average Bonchev–Trinajstić information content (AvgIpc) is 2.81. The fourth-order valence-electron chi connectivity index (χ4n) is 3.69. The Morgan fingerprint density at radius 2 is 1.69 bits per heavy atom. The van der Waals surface area contributed by atoms with Gasteiger partial charge in [0.15, 0.2) is 0 Å². The maximum Gasteiger partial charge on any atom is 0.259 e. The number of nitrogens with one attached hydrogen (secondary N) is 2. The zero-order valence-electron chi connectivity index (χ0n) is 17.3. The van der Waals surface area contributed by atoms with E-state index in [9.17, 15) is 14.7 Å². The molecule has 0 aromatic heterocycles. The molecule has 0 radical (unpaired) electrons. The molecule has 0 aliphatic carbocycles. The number of ether oxygens (including phenoxy) is 1. The second kappa shape index (κ2) is 9.85. The lowest BCUT2D eigenvalue weighted by Gasteiger charge is -2.24. The largest absolute Gasteiger partial charge is 0.507 e. The molecule has 4 rings (SSSR count). The first-order chi connectivity index (χ1) is 15.5. The minimum atomic E-state index is -0.688. The van der Waals surface area contributed by atoms with Gasteiger partial charge in [-0.25, -0.2) is 0 Å². The van der Waals surface area contributed by atoms with E-state index in [0.29, 0.717) is 5.75 Å². The fourth-order valence-corrected chi connectivity index (χ4v) is 3.86. The van der Waals surface area contributed by atoms with E-state index < -0.39 is 11.1 Å². The van der Waals surface area contributed by atoms with Gasteiger partial charge in [-0.15, -0.1) is 0 Å². The zero-order chi connectivity index (χ0) is 22.5. The summed E-state index contributed by atoms with van der Waals surface area (Å²) in [6.45, 7) is 1.76. The van der Waals surface area contributed by atoms with Crippen molar-refractivity contribution < 1.29 is 19.4 Å². The predicted octanol–water partition coefficient (Wildman–Crippen LogP) is 4.82. The van der Waals surface area contributed by atoms with Gasteiger partial charge in [0.05, 0.1) is 16.8 Å². The van der Waals surface area contributed by atoms with Gasteiger partial charge in [-0.05, 0) is 79.0 Å². The highest BCUT2D eigenvalue weighted by molar-refractivity contribution is 6.68. The summed E-state index contributed by atoms with van der Waals surface area (Å²) in [5.41, 5.74) is 2.22. The molecule has 1 aliphatic heterocycles. The summed E-state index contributed by atoms with van der Waals surface area (Å²) < 4.78 is 5.98. The molecule has 0 atom stereocenters. The van der Waals surface area contributed by atoms with Crippen LogP contribution in [0.15, 0.2) is 66.7 Å². The van der Waals surface area contributed by atoms with Crippen LogP contribution in [0.2, 0.25) is 0 Å². The number of rotatable bonds is 6. The van der Waals surface area contributed by atoms with E-state index >= 15 is 0 Å². The van der Waals surface area contributed by atoms with E-state index in [1.807, 2.05) is 30.3 Å². The molecule has 1 fully saturated rings. The SMILES string of the molecule is O=C(Nc1cc(-c2ccccc2)ccc1C(=O)Cl)c1cc(OC2CCNCC2)ccc1O. The quantitative estimate of drug-likeness (QED) is 0.468. The molecule has 1 saturated heterocycles. The molecule has 3 aromatic rings. The molecule has 7 heteroatoms. The number of hydrogen-bond acceptors (Lipinski definition) is 5. The number of amides is 1. The highest BCUT2D eigenvalue weighted by atomic mass is 35.5. The molecule has 3 aromatic carbocycles. The third kappa shape index (κ3) is 5.10. The van der Waals surface area contributed by atoms with Crippen molar-refractivity contribution >= 4 is 28.4 Å². The number of carbonyl (C=O) groups is 2. The van der Waals surface area contributed by atoms with E-state index in [-0.39, 0.29) is 28.7 Å². The number of phenolic OH excluding ortho intramolecular Hbond substituents is 1. The molecular weight excluding hydrogens is 428 g/mol. The lowest BCUT2D eigenvalue weighted by atomic mass is 10.0. The van der Waals surface area contributed by atoms with Gasteiger partial charge in [-0.1, -0.05) is 36.4 Å². The monoisotopic (exact) mass is 450 g/mol. The number of piperidine rings is 1. The molecule has 0 unspecified atom stereocenters. The van der Waals surface area contributed by atoms with Gasteiger partial charge in [0, 0.05) is 0 Å². The fraction of sp³-hybridized carbons (Fsp3) is 0.200. The summed E-state index contributed by atoms with van der Waals surface area (Å²) in [6, 6.07) is 19.2. The number of anilines is 1. The van der Waals surface area contributed by atoms with Crippen LogP contribution in [0.5, 0.6) is 11.5 Å². The first kappa shape index (κ1) is 21.9. The Morgan fingerprint density at radius 1 is 0.938 bits per heavy atom. The molecule has 1 aliphatic rings. The maximum absolute atomic E-state index is 13.0. The number of halogens is 1. The van der Waals surface area contributed by atoms with Crippen molar-refractivity contribution in [3.8, 4) is 22.6 Å². The molecule has 1 amide bonds. The summed E-state index contributed by atoms with van der Waals surface area (Å²) in [7, 11) is 0. The third-order valence-electron chi connectivity index (χ3n) is 5.39. The summed E-state index contributed by atoms with van der Waals surface area (Å²) in [6.07, 6.45) is 1.80. The Labute approximate surface area is 191 Å². The topological polar surface area (TPSA) is 87.7 Å². The van der Waals surface area contributed by atoms with Crippen LogP contribution in [0.4, 0.5) is 5.69 Å². The van der Waals surface area contributed by atoms with Crippen molar-refractivity contribution in [1.29, 1.82) is 0 Å². The van der Waals surface area contributed by atoms with Crippen LogP contribution in [-0.2, 0) is 0 Å². The molecule has 6 nitrogen and oxygen atoms in total. The van der Waals surface area contributed by atoms with Gasteiger partial charge < -0.3 is 20.5 Å². The van der Waals surface area contributed by atoms with Gasteiger partial charge in [-0.3, -0.25) is 9.59 Å². The second-order valence-electron chi connectivity index (χ2n) is 7.60. The van der Waals surface area contributed by atoms with E-state index in [0.717, 1.165) is 37.1 Å². The molecule has 0 spiro atoms. The molecule has 3 N–H and O–H groups in total. The van der Waals surface area contributed by atoms with Crippen molar-refractivity contribution in [3.05, 3.63) is 77.9 Å². The summed E-state index contributed by atoms with van der Waals surface area (Å²) in [5.74, 6) is -0.243. The van der Waals surface area contributed by atoms with Crippen molar-refractivity contribution in [1.82, 2.24) is 5.32 Å². The van der Waals surface area contributed by atoms with E-state index in [1.165, 1.54) is 12.1 Å². The van der Waals surface area contributed by atoms with E-state index in [1.54, 1.807) is 24.3 Å².